The summed E-state index contributed by atoms with van der Waals surface area (Å²) in [6.07, 6.45) is 3.78. The second-order valence-electron chi connectivity index (χ2n) is 5.47. The van der Waals surface area contributed by atoms with Crippen LogP contribution in [0, 0.1) is 0 Å². The average molecular weight is 341 g/mol. The molecule has 0 saturated carbocycles. The molecule has 0 aliphatic carbocycles. The maximum atomic E-state index is 5.26. The standard InChI is InChI=1S/C16H25BrN2O/c1-3-8-19-9-6-14(7-10-19)18-12-13-4-5-16(20-2)15(17)11-13/h4-5,11,14,18H,3,6-10,12H2,1-2H3. The quantitative estimate of drug-likeness (QED) is 0.858. The molecule has 0 spiro atoms. The van der Waals surface area contributed by atoms with Crippen LogP contribution < -0.4 is 10.1 Å². The van der Waals surface area contributed by atoms with Crippen LogP contribution >= 0.6 is 15.9 Å². The number of piperidine rings is 1. The molecule has 0 radical (unpaired) electrons. The third-order valence-corrected chi connectivity index (χ3v) is 4.56. The molecule has 1 N–H and O–H groups in total. The van der Waals surface area contributed by atoms with Crippen molar-refractivity contribution in [1.29, 1.82) is 0 Å². The number of nitrogens with zero attached hydrogens (tertiary/aromatic N) is 1. The first-order chi connectivity index (χ1) is 9.72. The molecule has 0 unspecified atom stereocenters. The van der Waals surface area contributed by atoms with E-state index in [9.17, 15) is 0 Å². The molecule has 0 atom stereocenters. The van der Waals surface area contributed by atoms with Crippen molar-refractivity contribution >= 4 is 15.9 Å². The first kappa shape index (κ1) is 15.8. The summed E-state index contributed by atoms with van der Waals surface area (Å²) in [5.74, 6) is 0.890. The molecular weight excluding hydrogens is 316 g/mol. The molecular formula is C16H25BrN2O. The fourth-order valence-corrected chi connectivity index (χ4v) is 3.35. The summed E-state index contributed by atoms with van der Waals surface area (Å²) >= 11 is 3.54. The average Bonchev–Trinajstić information content (AvgIpc) is 2.47. The Hall–Kier alpha value is -0.580. The number of benzene rings is 1. The lowest BCUT2D eigenvalue weighted by molar-refractivity contribution is 0.197. The van der Waals surface area contributed by atoms with Crippen molar-refractivity contribution in [2.45, 2.75) is 38.8 Å². The van der Waals surface area contributed by atoms with Crippen LogP contribution in [0.25, 0.3) is 0 Å². The maximum absolute atomic E-state index is 5.26. The van der Waals surface area contributed by atoms with E-state index in [2.05, 4.69) is 45.2 Å². The normalized spacial score (nSPS) is 17.4. The smallest absolute Gasteiger partial charge is 0.133 e. The molecule has 0 bridgehead atoms. The van der Waals surface area contributed by atoms with Gasteiger partial charge in [0.25, 0.3) is 0 Å². The Morgan fingerprint density at radius 3 is 2.70 bits per heavy atom. The van der Waals surface area contributed by atoms with Crippen LogP contribution in [-0.2, 0) is 6.54 Å². The zero-order valence-corrected chi connectivity index (χ0v) is 14.1. The molecule has 2 rings (SSSR count). The van der Waals surface area contributed by atoms with Gasteiger partial charge >= 0.3 is 0 Å². The van der Waals surface area contributed by atoms with Crippen LogP contribution in [0.2, 0.25) is 0 Å². The van der Waals surface area contributed by atoms with Gasteiger partial charge < -0.3 is 15.0 Å². The SMILES string of the molecule is CCCN1CCC(NCc2ccc(OC)c(Br)c2)CC1. The van der Waals surface area contributed by atoms with Crippen molar-refractivity contribution in [3.8, 4) is 5.75 Å². The number of nitrogens with one attached hydrogen (secondary N) is 1. The molecule has 1 saturated heterocycles. The lowest BCUT2D eigenvalue weighted by Crippen LogP contribution is -2.42. The fourth-order valence-electron chi connectivity index (χ4n) is 2.76. The van der Waals surface area contributed by atoms with Gasteiger partial charge in [0.1, 0.15) is 5.75 Å². The molecule has 1 aromatic rings. The third-order valence-electron chi connectivity index (χ3n) is 3.94. The predicted molar refractivity (Wildman–Crippen MR) is 87.3 cm³/mol. The van der Waals surface area contributed by atoms with Gasteiger partial charge in [0, 0.05) is 12.6 Å². The number of hydrogen-bond donors (Lipinski definition) is 1. The van der Waals surface area contributed by atoms with Gasteiger partial charge in [-0.3, -0.25) is 0 Å². The molecule has 0 aromatic heterocycles. The summed E-state index contributed by atoms with van der Waals surface area (Å²) in [4.78, 5) is 2.57. The number of methoxy groups -OCH3 is 1. The summed E-state index contributed by atoms with van der Waals surface area (Å²) in [6.45, 7) is 6.90. The number of ether oxygens (including phenoxy) is 1. The van der Waals surface area contributed by atoms with Gasteiger partial charge in [-0.2, -0.15) is 0 Å². The zero-order chi connectivity index (χ0) is 14.4. The fraction of sp³-hybridized carbons (Fsp3) is 0.625. The van der Waals surface area contributed by atoms with Crippen molar-refractivity contribution in [2.75, 3.05) is 26.7 Å². The van der Waals surface area contributed by atoms with E-state index in [4.69, 9.17) is 4.74 Å². The molecule has 112 valence electrons. The second-order valence-corrected chi connectivity index (χ2v) is 6.32. The summed E-state index contributed by atoms with van der Waals surface area (Å²) < 4.78 is 6.28. The second kappa shape index (κ2) is 8.01. The molecule has 3 nitrogen and oxygen atoms in total. The first-order valence-corrected chi connectivity index (χ1v) is 8.30. The highest BCUT2D eigenvalue weighted by atomic mass is 79.9. The molecule has 1 aliphatic rings. The van der Waals surface area contributed by atoms with Gasteiger partial charge in [-0.1, -0.05) is 13.0 Å². The van der Waals surface area contributed by atoms with E-state index in [0.29, 0.717) is 6.04 Å². The minimum Gasteiger partial charge on any atom is -0.496 e. The minimum atomic E-state index is 0.656. The van der Waals surface area contributed by atoms with Crippen LogP contribution in [0.15, 0.2) is 22.7 Å². The van der Waals surface area contributed by atoms with Gasteiger partial charge in [-0.05, 0) is 72.5 Å². The zero-order valence-electron chi connectivity index (χ0n) is 12.5. The lowest BCUT2D eigenvalue weighted by atomic mass is 10.0. The Bertz CT molecular complexity index is 417. The van der Waals surface area contributed by atoms with E-state index in [1.165, 1.54) is 44.5 Å². The van der Waals surface area contributed by atoms with Crippen LogP contribution in [0.3, 0.4) is 0 Å². The van der Waals surface area contributed by atoms with E-state index < -0.39 is 0 Å². The summed E-state index contributed by atoms with van der Waals surface area (Å²) in [6, 6.07) is 6.94. The molecule has 1 aliphatic heterocycles. The first-order valence-electron chi connectivity index (χ1n) is 7.51. The lowest BCUT2D eigenvalue weighted by Gasteiger charge is -2.32. The van der Waals surface area contributed by atoms with E-state index in [-0.39, 0.29) is 0 Å². The van der Waals surface area contributed by atoms with Crippen LogP contribution in [0.5, 0.6) is 5.75 Å². The van der Waals surface area contributed by atoms with E-state index >= 15 is 0 Å². The largest absolute Gasteiger partial charge is 0.496 e. The molecule has 0 amide bonds. The van der Waals surface area contributed by atoms with Crippen molar-refractivity contribution in [1.82, 2.24) is 10.2 Å². The molecule has 1 heterocycles. The van der Waals surface area contributed by atoms with Crippen molar-refractivity contribution in [3.05, 3.63) is 28.2 Å². The Morgan fingerprint density at radius 1 is 1.35 bits per heavy atom. The van der Waals surface area contributed by atoms with Gasteiger partial charge in [0.2, 0.25) is 0 Å². The summed E-state index contributed by atoms with van der Waals surface area (Å²) in [7, 11) is 1.70. The van der Waals surface area contributed by atoms with Crippen LogP contribution in [0.1, 0.15) is 31.7 Å². The Morgan fingerprint density at radius 2 is 2.10 bits per heavy atom. The molecule has 1 fully saturated rings. The Kier molecular flexibility index (Phi) is 6.33. The third kappa shape index (κ3) is 4.47. The number of hydrogen-bond acceptors (Lipinski definition) is 3. The van der Waals surface area contributed by atoms with Gasteiger partial charge in [0.15, 0.2) is 0 Å². The van der Waals surface area contributed by atoms with E-state index in [0.717, 1.165) is 16.8 Å². The van der Waals surface area contributed by atoms with E-state index in [1.54, 1.807) is 7.11 Å². The number of halogens is 1. The highest BCUT2D eigenvalue weighted by Gasteiger charge is 2.17. The molecule has 20 heavy (non-hydrogen) atoms. The molecule has 1 aromatic carbocycles. The summed E-state index contributed by atoms with van der Waals surface area (Å²) in [5, 5.41) is 3.68. The van der Waals surface area contributed by atoms with Gasteiger partial charge in [0.05, 0.1) is 11.6 Å². The van der Waals surface area contributed by atoms with Gasteiger partial charge in [-0.15, -0.1) is 0 Å². The highest BCUT2D eigenvalue weighted by Crippen LogP contribution is 2.25. The van der Waals surface area contributed by atoms with Crippen molar-refractivity contribution < 1.29 is 4.74 Å². The maximum Gasteiger partial charge on any atom is 0.133 e. The van der Waals surface area contributed by atoms with Crippen molar-refractivity contribution in [3.63, 3.8) is 0 Å². The Labute approximate surface area is 130 Å². The minimum absolute atomic E-state index is 0.656. The monoisotopic (exact) mass is 340 g/mol. The number of likely N-dealkylation sites (tertiary alicyclic amines) is 1. The predicted octanol–water partition coefficient (Wildman–Crippen LogP) is 3.42. The Balaban J connectivity index is 1.77. The van der Waals surface area contributed by atoms with E-state index in [1.807, 2.05) is 6.07 Å². The topological polar surface area (TPSA) is 24.5 Å². The van der Waals surface area contributed by atoms with Crippen LogP contribution in [0.4, 0.5) is 0 Å². The summed E-state index contributed by atoms with van der Waals surface area (Å²) in [5.41, 5.74) is 1.30. The highest BCUT2D eigenvalue weighted by molar-refractivity contribution is 9.10. The van der Waals surface area contributed by atoms with Crippen LogP contribution in [-0.4, -0.2) is 37.7 Å². The van der Waals surface area contributed by atoms with Crippen molar-refractivity contribution in [2.24, 2.45) is 0 Å². The number of rotatable bonds is 6. The van der Waals surface area contributed by atoms with Gasteiger partial charge in [-0.25, -0.2) is 0 Å². The molecule has 4 heteroatoms.